The quantitative estimate of drug-likeness (QED) is 0.688. The summed E-state index contributed by atoms with van der Waals surface area (Å²) >= 11 is 1.43. The second-order valence-electron chi connectivity index (χ2n) is 3.99. The monoisotopic (exact) mass is 274 g/mol. The minimum Gasteiger partial charge on any atom is -0.466 e. The second-order valence-corrected chi connectivity index (χ2v) is 5.10. The third-order valence-electron chi connectivity index (χ3n) is 2.73. The lowest BCUT2D eigenvalue weighted by molar-refractivity contribution is -0.137. The number of hydrogen-bond acceptors (Lipinski definition) is 4. The van der Waals surface area contributed by atoms with Crippen molar-refractivity contribution in [3.8, 4) is 10.4 Å². The SMILES string of the molecule is C=C(C(=O)OC)C(O)c1ccc(-c2ccccc2)s1. The molecule has 4 heteroatoms. The molecule has 0 amide bonds. The van der Waals surface area contributed by atoms with Crippen LogP contribution in [0.1, 0.15) is 11.0 Å². The zero-order valence-electron chi connectivity index (χ0n) is 10.5. The van der Waals surface area contributed by atoms with Gasteiger partial charge in [0.05, 0.1) is 12.7 Å². The van der Waals surface area contributed by atoms with Gasteiger partial charge in [-0.15, -0.1) is 11.3 Å². The summed E-state index contributed by atoms with van der Waals surface area (Å²) in [7, 11) is 1.27. The van der Waals surface area contributed by atoms with E-state index >= 15 is 0 Å². The molecule has 0 saturated carbocycles. The summed E-state index contributed by atoms with van der Waals surface area (Å²) < 4.78 is 4.55. The molecule has 3 nitrogen and oxygen atoms in total. The summed E-state index contributed by atoms with van der Waals surface area (Å²) in [4.78, 5) is 13.0. The molecule has 98 valence electrons. The molecule has 0 aliphatic heterocycles. The molecule has 1 atom stereocenters. The van der Waals surface area contributed by atoms with Crippen LogP contribution in [-0.2, 0) is 9.53 Å². The first-order valence-electron chi connectivity index (χ1n) is 5.74. The van der Waals surface area contributed by atoms with E-state index in [-0.39, 0.29) is 5.57 Å². The van der Waals surface area contributed by atoms with Crippen LogP contribution in [0, 0.1) is 0 Å². The number of thiophene rings is 1. The van der Waals surface area contributed by atoms with Gasteiger partial charge in [-0.25, -0.2) is 4.79 Å². The largest absolute Gasteiger partial charge is 0.466 e. The Morgan fingerprint density at radius 3 is 2.58 bits per heavy atom. The number of esters is 1. The molecule has 1 N–H and O–H groups in total. The highest BCUT2D eigenvalue weighted by molar-refractivity contribution is 7.15. The Morgan fingerprint density at radius 2 is 1.95 bits per heavy atom. The van der Waals surface area contributed by atoms with Crippen LogP contribution in [-0.4, -0.2) is 18.2 Å². The van der Waals surface area contributed by atoms with Gasteiger partial charge < -0.3 is 9.84 Å². The van der Waals surface area contributed by atoms with Crippen LogP contribution in [0.5, 0.6) is 0 Å². The fourth-order valence-corrected chi connectivity index (χ4v) is 2.71. The van der Waals surface area contributed by atoms with Crippen molar-refractivity contribution >= 4 is 17.3 Å². The number of ether oxygens (including phenoxy) is 1. The fraction of sp³-hybridized carbons (Fsp3) is 0.133. The van der Waals surface area contributed by atoms with Crippen molar-refractivity contribution in [1.82, 2.24) is 0 Å². The van der Waals surface area contributed by atoms with E-state index in [1.54, 1.807) is 6.07 Å². The summed E-state index contributed by atoms with van der Waals surface area (Å²) in [5, 5.41) is 10.1. The Hall–Kier alpha value is -1.91. The minimum atomic E-state index is -1.02. The lowest BCUT2D eigenvalue weighted by atomic mass is 10.1. The van der Waals surface area contributed by atoms with Gasteiger partial charge in [0, 0.05) is 9.75 Å². The number of carbonyl (C=O) groups is 1. The molecule has 0 fully saturated rings. The van der Waals surface area contributed by atoms with Crippen LogP contribution < -0.4 is 0 Å². The fourth-order valence-electron chi connectivity index (χ4n) is 1.67. The van der Waals surface area contributed by atoms with Gasteiger partial charge in [0.2, 0.25) is 0 Å². The number of aliphatic hydroxyl groups is 1. The standard InChI is InChI=1S/C15H14O3S/c1-10(15(17)18-2)14(16)13-9-8-12(19-13)11-6-4-3-5-7-11/h3-9,14,16H,1H2,2H3. The molecular formula is C15H14O3S. The van der Waals surface area contributed by atoms with E-state index in [0.29, 0.717) is 4.88 Å². The zero-order valence-corrected chi connectivity index (χ0v) is 11.3. The van der Waals surface area contributed by atoms with Crippen LogP contribution in [0.15, 0.2) is 54.6 Å². The van der Waals surface area contributed by atoms with E-state index in [0.717, 1.165) is 10.4 Å². The maximum atomic E-state index is 11.3. The number of aliphatic hydroxyl groups excluding tert-OH is 1. The molecule has 1 aromatic carbocycles. The lowest BCUT2D eigenvalue weighted by Crippen LogP contribution is -2.10. The van der Waals surface area contributed by atoms with E-state index in [1.807, 2.05) is 36.4 Å². The average Bonchev–Trinajstić information content (AvgIpc) is 2.95. The number of hydrogen-bond donors (Lipinski definition) is 1. The van der Waals surface area contributed by atoms with Gasteiger partial charge in [-0.1, -0.05) is 36.9 Å². The van der Waals surface area contributed by atoms with E-state index in [4.69, 9.17) is 0 Å². The topological polar surface area (TPSA) is 46.5 Å². The molecule has 0 radical (unpaired) electrons. The van der Waals surface area contributed by atoms with Crippen LogP contribution >= 0.6 is 11.3 Å². The molecule has 1 unspecified atom stereocenters. The molecule has 0 saturated heterocycles. The minimum absolute atomic E-state index is 0.0453. The third kappa shape index (κ3) is 2.92. The maximum absolute atomic E-state index is 11.3. The van der Waals surface area contributed by atoms with E-state index in [2.05, 4.69) is 11.3 Å². The van der Waals surface area contributed by atoms with E-state index < -0.39 is 12.1 Å². The van der Waals surface area contributed by atoms with Crippen molar-refractivity contribution in [2.24, 2.45) is 0 Å². The van der Waals surface area contributed by atoms with Gasteiger partial charge in [-0.2, -0.15) is 0 Å². The van der Waals surface area contributed by atoms with Crippen molar-refractivity contribution in [2.75, 3.05) is 7.11 Å². The first-order chi connectivity index (χ1) is 9.13. The molecular weight excluding hydrogens is 260 g/mol. The Labute approximate surface area is 115 Å². The maximum Gasteiger partial charge on any atom is 0.336 e. The first kappa shape index (κ1) is 13.5. The number of rotatable bonds is 4. The number of benzene rings is 1. The number of methoxy groups -OCH3 is 1. The summed E-state index contributed by atoms with van der Waals surface area (Å²) in [6.45, 7) is 3.57. The molecule has 1 aromatic heterocycles. The third-order valence-corrected chi connectivity index (χ3v) is 3.92. The van der Waals surface area contributed by atoms with Crippen molar-refractivity contribution in [2.45, 2.75) is 6.10 Å². The Morgan fingerprint density at radius 1 is 1.26 bits per heavy atom. The molecule has 2 rings (SSSR count). The Bertz CT molecular complexity index is 586. The molecule has 1 heterocycles. The Kier molecular flexibility index (Phi) is 4.14. The second kappa shape index (κ2) is 5.82. The summed E-state index contributed by atoms with van der Waals surface area (Å²) in [5.74, 6) is -0.595. The first-order valence-corrected chi connectivity index (χ1v) is 6.55. The lowest BCUT2D eigenvalue weighted by Gasteiger charge is -2.09. The highest BCUT2D eigenvalue weighted by atomic mass is 32.1. The van der Waals surface area contributed by atoms with Crippen LogP contribution in [0.2, 0.25) is 0 Å². The molecule has 19 heavy (non-hydrogen) atoms. The van der Waals surface area contributed by atoms with Crippen LogP contribution in [0.4, 0.5) is 0 Å². The van der Waals surface area contributed by atoms with E-state index in [9.17, 15) is 9.90 Å². The average molecular weight is 274 g/mol. The van der Waals surface area contributed by atoms with Crippen molar-refractivity contribution in [3.05, 3.63) is 59.5 Å². The highest BCUT2D eigenvalue weighted by Crippen LogP contribution is 2.33. The van der Waals surface area contributed by atoms with Gasteiger partial charge in [0.1, 0.15) is 6.10 Å². The highest BCUT2D eigenvalue weighted by Gasteiger charge is 2.20. The summed E-state index contributed by atoms with van der Waals surface area (Å²) in [6.07, 6.45) is -1.02. The zero-order chi connectivity index (χ0) is 13.8. The van der Waals surface area contributed by atoms with Gasteiger partial charge >= 0.3 is 5.97 Å². The van der Waals surface area contributed by atoms with Crippen LogP contribution in [0.3, 0.4) is 0 Å². The predicted octanol–water partition coefficient (Wildman–Crippen LogP) is 3.18. The molecule has 0 aliphatic carbocycles. The molecule has 0 bridgehead atoms. The normalized spacial score (nSPS) is 11.9. The van der Waals surface area contributed by atoms with Crippen molar-refractivity contribution in [3.63, 3.8) is 0 Å². The molecule has 2 aromatic rings. The number of carbonyl (C=O) groups excluding carboxylic acids is 1. The Balaban J connectivity index is 2.22. The van der Waals surface area contributed by atoms with Crippen molar-refractivity contribution < 1.29 is 14.6 Å². The predicted molar refractivity (Wildman–Crippen MR) is 75.9 cm³/mol. The van der Waals surface area contributed by atoms with Crippen LogP contribution in [0.25, 0.3) is 10.4 Å². The molecule has 0 spiro atoms. The molecule has 0 aliphatic rings. The van der Waals surface area contributed by atoms with E-state index in [1.165, 1.54) is 18.4 Å². The van der Waals surface area contributed by atoms with Gasteiger partial charge in [-0.3, -0.25) is 0 Å². The smallest absolute Gasteiger partial charge is 0.336 e. The summed E-state index contributed by atoms with van der Waals surface area (Å²) in [6, 6.07) is 13.6. The van der Waals surface area contributed by atoms with Gasteiger partial charge in [0.15, 0.2) is 0 Å². The van der Waals surface area contributed by atoms with Gasteiger partial charge in [-0.05, 0) is 17.7 Å². The summed E-state index contributed by atoms with van der Waals surface area (Å²) in [5.41, 5.74) is 1.12. The van der Waals surface area contributed by atoms with Gasteiger partial charge in [0.25, 0.3) is 0 Å². The van der Waals surface area contributed by atoms with Crippen molar-refractivity contribution in [1.29, 1.82) is 0 Å².